The van der Waals surface area contributed by atoms with Crippen molar-refractivity contribution in [1.82, 2.24) is 9.55 Å². The van der Waals surface area contributed by atoms with Gasteiger partial charge in [0.15, 0.2) is 0 Å². The van der Waals surface area contributed by atoms with Crippen molar-refractivity contribution in [3.63, 3.8) is 0 Å². The summed E-state index contributed by atoms with van der Waals surface area (Å²) in [6, 6.07) is 48.3. The third kappa shape index (κ3) is 3.13. The molecule has 0 saturated heterocycles. The van der Waals surface area contributed by atoms with Gasteiger partial charge in [0, 0.05) is 36.3 Å². The molecule has 0 radical (unpaired) electrons. The zero-order valence-corrected chi connectivity index (χ0v) is 22.3. The quantitative estimate of drug-likeness (QED) is 0.219. The minimum absolute atomic E-state index is 0.940. The summed E-state index contributed by atoms with van der Waals surface area (Å²) in [6.45, 7) is 0. The highest BCUT2D eigenvalue weighted by atomic mass is 32.1. The van der Waals surface area contributed by atoms with Crippen molar-refractivity contribution in [3.8, 4) is 16.9 Å². The van der Waals surface area contributed by atoms with Gasteiger partial charge in [0.2, 0.25) is 0 Å². The van der Waals surface area contributed by atoms with Gasteiger partial charge in [-0.2, -0.15) is 0 Å². The van der Waals surface area contributed by atoms with Crippen LogP contribution in [-0.4, -0.2) is 9.55 Å². The van der Waals surface area contributed by atoms with Gasteiger partial charge in [0.05, 0.1) is 16.6 Å². The summed E-state index contributed by atoms with van der Waals surface area (Å²) in [5, 5.41) is 8.93. The van der Waals surface area contributed by atoms with Crippen molar-refractivity contribution in [2.24, 2.45) is 0 Å². The second-order valence-electron chi connectivity index (χ2n) is 10.4. The number of benzene rings is 6. The van der Waals surface area contributed by atoms with Gasteiger partial charge in [-0.15, -0.1) is 11.3 Å². The molecule has 0 fully saturated rings. The van der Waals surface area contributed by atoms with Crippen LogP contribution in [0, 0.1) is 0 Å². The second-order valence-corrected chi connectivity index (χ2v) is 11.5. The number of pyridine rings is 1. The van der Waals surface area contributed by atoms with Crippen LogP contribution in [0.15, 0.2) is 133 Å². The van der Waals surface area contributed by atoms with Crippen LogP contribution >= 0.6 is 11.3 Å². The minimum atomic E-state index is 0.940. The number of nitrogens with zero attached hydrogens (tertiary/aromatic N) is 2. The first-order valence-electron chi connectivity index (χ1n) is 13.6. The molecule has 3 aromatic heterocycles. The zero-order valence-electron chi connectivity index (χ0n) is 21.5. The molecule has 0 atom stereocenters. The van der Waals surface area contributed by atoms with Crippen molar-refractivity contribution in [3.05, 3.63) is 133 Å². The lowest BCUT2D eigenvalue weighted by molar-refractivity contribution is 1.10. The van der Waals surface area contributed by atoms with E-state index in [0.717, 1.165) is 16.7 Å². The lowest BCUT2D eigenvalue weighted by Crippen LogP contribution is -1.97. The Morgan fingerprint density at radius 3 is 2.08 bits per heavy atom. The zero-order chi connectivity index (χ0) is 26.2. The van der Waals surface area contributed by atoms with Crippen LogP contribution in [0.4, 0.5) is 0 Å². The van der Waals surface area contributed by atoms with Crippen LogP contribution in [0.25, 0.3) is 80.6 Å². The molecule has 0 spiro atoms. The Kier molecular flexibility index (Phi) is 4.52. The van der Waals surface area contributed by atoms with Crippen LogP contribution in [0.2, 0.25) is 0 Å². The maximum atomic E-state index is 5.04. The van der Waals surface area contributed by atoms with E-state index in [9.17, 15) is 0 Å². The fourth-order valence-electron chi connectivity index (χ4n) is 6.31. The van der Waals surface area contributed by atoms with E-state index in [1.165, 1.54) is 63.9 Å². The van der Waals surface area contributed by atoms with E-state index in [2.05, 4.69) is 132 Å². The molecule has 0 aliphatic heterocycles. The third-order valence-corrected chi connectivity index (χ3v) is 9.31. The predicted octanol–water partition coefficient (Wildman–Crippen LogP) is 10.5. The van der Waals surface area contributed by atoms with E-state index in [-0.39, 0.29) is 0 Å². The van der Waals surface area contributed by atoms with Crippen molar-refractivity contribution in [2.45, 2.75) is 0 Å². The maximum Gasteiger partial charge on any atom is 0.138 e. The SMILES string of the molecule is c1ccc2nc(-n3c4ccccc4c4cc(-c5ccc6sc7ccc8ccccc8c7c6c5)ccc43)ccc2c1. The summed E-state index contributed by atoms with van der Waals surface area (Å²) < 4.78 is 4.96. The van der Waals surface area contributed by atoms with Gasteiger partial charge in [-0.05, 0) is 76.5 Å². The summed E-state index contributed by atoms with van der Waals surface area (Å²) >= 11 is 1.88. The molecule has 0 aliphatic carbocycles. The molecule has 0 amide bonds. The Bertz CT molecular complexity index is 2440. The molecule has 40 heavy (non-hydrogen) atoms. The lowest BCUT2D eigenvalue weighted by Gasteiger charge is -2.09. The lowest BCUT2D eigenvalue weighted by atomic mass is 9.99. The Morgan fingerprint density at radius 2 is 1.15 bits per heavy atom. The van der Waals surface area contributed by atoms with Crippen molar-refractivity contribution in [1.29, 1.82) is 0 Å². The highest BCUT2D eigenvalue weighted by molar-refractivity contribution is 7.26. The highest BCUT2D eigenvalue weighted by Crippen LogP contribution is 2.41. The van der Waals surface area contributed by atoms with Gasteiger partial charge in [-0.1, -0.05) is 78.9 Å². The number of hydrogen-bond donors (Lipinski definition) is 0. The first-order chi connectivity index (χ1) is 19.8. The molecule has 0 unspecified atom stereocenters. The maximum absolute atomic E-state index is 5.04. The van der Waals surface area contributed by atoms with E-state index in [4.69, 9.17) is 4.98 Å². The molecular formula is C37H22N2S. The second kappa shape index (κ2) is 8.25. The van der Waals surface area contributed by atoms with Crippen molar-refractivity contribution < 1.29 is 0 Å². The van der Waals surface area contributed by atoms with Gasteiger partial charge >= 0.3 is 0 Å². The van der Waals surface area contributed by atoms with Gasteiger partial charge in [-0.25, -0.2) is 4.98 Å². The summed E-state index contributed by atoms with van der Waals surface area (Å²) in [7, 11) is 0. The smallest absolute Gasteiger partial charge is 0.138 e. The van der Waals surface area contributed by atoms with Crippen LogP contribution in [0.1, 0.15) is 0 Å². The number of aromatic nitrogens is 2. The number of fused-ring (bicyclic) bond motifs is 9. The first kappa shape index (κ1) is 21.9. The van der Waals surface area contributed by atoms with Crippen LogP contribution in [-0.2, 0) is 0 Å². The summed E-state index contributed by atoms with van der Waals surface area (Å²) in [5.41, 5.74) is 5.81. The Balaban J connectivity index is 1.28. The largest absolute Gasteiger partial charge is 0.294 e. The molecule has 3 heterocycles. The molecule has 0 aliphatic rings. The Hall–Kier alpha value is -4.99. The summed E-state index contributed by atoms with van der Waals surface area (Å²) in [4.78, 5) is 5.04. The van der Waals surface area contributed by atoms with Crippen LogP contribution in [0.5, 0.6) is 0 Å². The molecule has 0 bridgehead atoms. The average Bonchev–Trinajstić information content (AvgIpc) is 3.56. The van der Waals surface area contributed by atoms with E-state index in [1.807, 2.05) is 17.4 Å². The standard InChI is InChI=1S/C37H22N2S/c1-3-9-27-23(7-1)14-19-35-37(27)30-22-26(15-18-34(30)40-35)25-13-17-33-29(21-25)28-10-4-6-12-32(28)39(33)36-20-16-24-8-2-5-11-31(24)38-36/h1-22H. The number of para-hydroxylation sites is 2. The monoisotopic (exact) mass is 526 g/mol. The number of rotatable bonds is 2. The Morgan fingerprint density at radius 1 is 0.475 bits per heavy atom. The first-order valence-corrected chi connectivity index (χ1v) is 14.4. The summed E-state index contributed by atoms with van der Waals surface area (Å²) in [6.07, 6.45) is 0. The van der Waals surface area contributed by atoms with Crippen molar-refractivity contribution in [2.75, 3.05) is 0 Å². The molecule has 0 N–H and O–H groups in total. The average molecular weight is 527 g/mol. The van der Waals surface area contributed by atoms with Crippen LogP contribution < -0.4 is 0 Å². The van der Waals surface area contributed by atoms with Crippen molar-refractivity contribution >= 4 is 75.0 Å². The topological polar surface area (TPSA) is 17.8 Å². The van der Waals surface area contributed by atoms with E-state index in [0.29, 0.717) is 0 Å². The molecule has 9 rings (SSSR count). The fraction of sp³-hybridized carbons (Fsp3) is 0. The van der Waals surface area contributed by atoms with E-state index < -0.39 is 0 Å². The molecule has 9 aromatic rings. The number of hydrogen-bond acceptors (Lipinski definition) is 2. The van der Waals surface area contributed by atoms with Gasteiger partial charge in [0.1, 0.15) is 5.82 Å². The Labute approximate surface area is 234 Å². The minimum Gasteiger partial charge on any atom is -0.294 e. The van der Waals surface area contributed by atoms with E-state index >= 15 is 0 Å². The predicted molar refractivity (Wildman–Crippen MR) is 172 cm³/mol. The third-order valence-electron chi connectivity index (χ3n) is 8.18. The fourth-order valence-corrected chi connectivity index (χ4v) is 7.41. The normalized spacial score (nSPS) is 12.0. The molecule has 3 heteroatoms. The van der Waals surface area contributed by atoms with E-state index in [1.54, 1.807) is 0 Å². The highest BCUT2D eigenvalue weighted by Gasteiger charge is 2.15. The summed E-state index contributed by atoms with van der Waals surface area (Å²) in [5.74, 6) is 0.940. The molecule has 2 nitrogen and oxygen atoms in total. The number of thiophene rings is 1. The molecule has 0 saturated carbocycles. The van der Waals surface area contributed by atoms with Gasteiger partial charge < -0.3 is 0 Å². The van der Waals surface area contributed by atoms with Crippen LogP contribution in [0.3, 0.4) is 0 Å². The molecular weight excluding hydrogens is 504 g/mol. The molecule has 186 valence electrons. The van der Waals surface area contributed by atoms with Gasteiger partial charge in [0.25, 0.3) is 0 Å². The van der Waals surface area contributed by atoms with Gasteiger partial charge in [-0.3, -0.25) is 4.57 Å². The molecule has 6 aromatic carbocycles.